The van der Waals surface area contributed by atoms with E-state index in [0.717, 1.165) is 13.0 Å². The van der Waals surface area contributed by atoms with Gasteiger partial charge in [0.25, 0.3) is 0 Å². The molecule has 1 heterocycles. The molecule has 0 saturated carbocycles. The minimum atomic E-state index is -0.497. The Labute approximate surface area is 75.6 Å². The number of β-amino-alcohol motifs (C(OH)–C–C–N with tert-alkyl or cyclic N) is 1. The minimum Gasteiger partial charge on any atom is -0.389 e. The Hall–Kier alpha value is -0.0800. The summed E-state index contributed by atoms with van der Waals surface area (Å²) < 4.78 is 0. The molecule has 1 fully saturated rings. The Balaban J connectivity index is 2.40. The standard InChI is InChI=1S/C10H21NO/c1-5-10(4,12)7-11-8(2)6-9(11)3/h8-9,12H,5-7H2,1-4H3. The molecule has 1 aliphatic heterocycles. The Morgan fingerprint density at radius 2 is 1.92 bits per heavy atom. The highest BCUT2D eigenvalue weighted by atomic mass is 16.3. The van der Waals surface area contributed by atoms with E-state index >= 15 is 0 Å². The third-order valence-electron chi connectivity index (χ3n) is 3.10. The molecule has 72 valence electrons. The van der Waals surface area contributed by atoms with Gasteiger partial charge in [0, 0.05) is 18.6 Å². The van der Waals surface area contributed by atoms with Crippen LogP contribution in [0.2, 0.25) is 0 Å². The number of nitrogens with zero attached hydrogens (tertiary/aromatic N) is 1. The maximum Gasteiger partial charge on any atom is 0.0743 e. The van der Waals surface area contributed by atoms with Gasteiger partial charge in [-0.1, -0.05) is 6.92 Å². The van der Waals surface area contributed by atoms with Crippen LogP contribution in [-0.2, 0) is 0 Å². The van der Waals surface area contributed by atoms with Crippen molar-refractivity contribution in [2.45, 2.75) is 58.2 Å². The Morgan fingerprint density at radius 1 is 1.42 bits per heavy atom. The van der Waals surface area contributed by atoms with E-state index in [1.54, 1.807) is 0 Å². The highest BCUT2D eigenvalue weighted by Crippen LogP contribution is 2.27. The molecule has 0 amide bonds. The van der Waals surface area contributed by atoms with Crippen LogP contribution in [0.4, 0.5) is 0 Å². The first kappa shape index (κ1) is 10.0. The van der Waals surface area contributed by atoms with Crippen molar-refractivity contribution in [1.29, 1.82) is 0 Å². The fourth-order valence-corrected chi connectivity index (χ4v) is 1.88. The molecule has 0 spiro atoms. The van der Waals surface area contributed by atoms with Gasteiger partial charge in [0.2, 0.25) is 0 Å². The quantitative estimate of drug-likeness (QED) is 0.697. The van der Waals surface area contributed by atoms with Gasteiger partial charge in [-0.2, -0.15) is 0 Å². The van der Waals surface area contributed by atoms with E-state index in [2.05, 4.69) is 18.7 Å². The molecule has 0 bridgehead atoms. The number of rotatable bonds is 3. The highest BCUT2D eigenvalue weighted by Gasteiger charge is 2.35. The smallest absolute Gasteiger partial charge is 0.0743 e. The fraction of sp³-hybridized carbons (Fsp3) is 1.00. The molecular formula is C10H21NO. The van der Waals surface area contributed by atoms with Crippen molar-refractivity contribution < 1.29 is 5.11 Å². The highest BCUT2D eigenvalue weighted by molar-refractivity contribution is 4.90. The van der Waals surface area contributed by atoms with Crippen LogP contribution in [0.5, 0.6) is 0 Å². The lowest BCUT2D eigenvalue weighted by atomic mass is 9.91. The summed E-state index contributed by atoms with van der Waals surface area (Å²) in [5.74, 6) is 0. The average molecular weight is 171 g/mol. The van der Waals surface area contributed by atoms with Crippen LogP contribution < -0.4 is 0 Å². The van der Waals surface area contributed by atoms with Gasteiger partial charge in [-0.05, 0) is 33.6 Å². The lowest BCUT2D eigenvalue weighted by Crippen LogP contribution is -2.57. The van der Waals surface area contributed by atoms with Gasteiger partial charge in [0.1, 0.15) is 0 Å². The number of hydrogen-bond donors (Lipinski definition) is 1. The summed E-state index contributed by atoms with van der Waals surface area (Å²) in [4.78, 5) is 2.38. The molecule has 1 N–H and O–H groups in total. The maximum absolute atomic E-state index is 9.85. The number of likely N-dealkylation sites (tertiary alicyclic amines) is 1. The van der Waals surface area contributed by atoms with Crippen LogP contribution >= 0.6 is 0 Å². The van der Waals surface area contributed by atoms with Gasteiger partial charge in [-0.3, -0.25) is 4.90 Å². The lowest BCUT2D eigenvalue weighted by Gasteiger charge is -2.48. The van der Waals surface area contributed by atoms with Gasteiger partial charge in [0.15, 0.2) is 0 Å². The van der Waals surface area contributed by atoms with E-state index in [1.165, 1.54) is 6.42 Å². The number of aliphatic hydroxyl groups is 1. The van der Waals surface area contributed by atoms with E-state index in [-0.39, 0.29) is 0 Å². The predicted molar refractivity (Wildman–Crippen MR) is 51.2 cm³/mol. The molecule has 3 unspecified atom stereocenters. The molecule has 1 saturated heterocycles. The minimum absolute atomic E-state index is 0.497. The second-order valence-electron chi connectivity index (χ2n) is 4.46. The molecule has 0 radical (unpaired) electrons. The van der Waals surface area contributed by atoms with Crippen molar-refractivity contribution >= 4 is 0 Å². The van der Waals surface area contributed by atoms with Crippen LogP contribution in [0.15, 0.2) is 0 Å². The fourth-order valence-electron chi connectivity index (χ4n) is 1.88. The van der Waals surface area contributed by atoms with Crippen molar-refractivity contribution in [2.24, 2.45) is 0 Å². The summed E-state index contributed by atoms with van der Waals surface area (Å²) >= 11 is 0. The zero-order valence-corrected chi connectivity index (χ0v) is 8.67. The summed E-state index contributed by atoms with van der Waals surface area (Å²) in [6.45, 7) is 9.24. The van der Waals surface area contributed by atoms with Crippen LogP contribution in [-0.4, -0.2) is 34.2 Å². The third kappa shape index (κ3) is 1.99. The second kappa shape index (κ2) is 3.35. The third-order valence-corrected chi connectivity index (χ3v) is 3.10. The van der Waals surface area contributed by atoms with Crippen LogP contribution in [0.25, 0.3) is 0 Å². The molecule has 3 atom stereocenters. The van der Waals surface area contributed by atoms with Gasteiger partial charge < -0.3 is 5.11 Å². The first-order chi connectivity index (χ1) is 5.46. The predicted octanol–water partition coefficient (Wildman–Crippen LogP) is 1.63. The van der Waals surface area contributed by atoms with E-state index in [9.17, 15) is 5.11 Å². The van der Waals surface area contributed by atoms with Gasteiger partial charge in [0.05, 0.1) is 5.60 Å². The summed E-state index contributed by atoms with van der Waals surface area (Å²) in [7, 11) is 0. The van der Waals surface area contributed by atoms with Gasteiger partial charge in [-0.15, -0.1) is 0 Å². The Kier molecular flexibility index (Phi) is 2.79. The number of hydrogen-bond acceptors (Lipinski definition) is 2. The summed E-state index contributed by atoms with van der Waals surface area (Å²) in [6.07, 6.45) is 2.11. The van der Waals surface area contributed by atoms with Crippen LogP contribution in [0.3, 0.4) is 0 Å². The maximum atomic E-state index is 9.85. The topological polar surface area (TPSA) is 23.5 Å². The average Bonchev–Trinajstić information content (AvgIpc) is 2.02. The second-order valence-corrected chi connectivity index (χ2v) is 4.46. The molecule has 12 heavy (non-hydrogen) atoms. The van der Waals surface area contributed by atoms with Crippen LogP contribution in [0.1, 0.15) is 40.5 Å². The summed E-state index contributed by atoms with van der Waals surface area (Å²) in [5, 5.41) is 9.85. The Morgan fingerprint density at radius 3 is 2.25 bits per heavy atom. The lowest BCUT2D eigenvalue weighted by molar-refractivity contribution is -0.0515. The van der Waals surface area contributed by atoms with E-state index < -0.39 is 5.60 Å². The van der Waals surface area contributed by atoms with Crippen LogP contribution in [0, 0.1) is 0 Å². The zero-order valence-electron chi connectivity index (χ0n) is 8.67. The summed E-state index contributed by atoms with van der Waals surface area (Å²) in [5.41, 5.74) is -0.497. The SMILES string of the molecule is CCC(C)(O)CN1C(C)CC1C. The molecule has 1 aliphatic rings. The van der Waals surface area contributed by atoms with Crippen molar-refractivity contribution in [2.75, 3.05) is 6.54 Å². The molecule has 0 aliphatic carbocycles. The first-order valence-corrected chi connectivity index (χ1v) is 4.94. The molecule has 2 nitrogen and oxygen atoms in total. The molecule has 0 aromatic heterocycles. The van der Waals surface area contributed by atoms with E-state index in [1.807, 2.05) is 13.8 Å². The van der Waals surface area contributed by atoms with Crippen molar-refractivity contribution in [3.63, 3.8) is 0 Å². The first-order valence-electron chi connectivity index (χ1n) is 4.94. The van der Waals surface area contributed by atoms with E-state index in [4.69, 9.17) is 0 Å². The molecule has 1 rings (SSSR count). The monoisotopic (exact) mass is 171 g/mol. The van der Waals surface area contributed by atoms with Crippen molar-refractivity contribution in [3.05, 3.63) is 0 Å². The van der Waals surface area contributed by atoms with Crippen molar-refractivity contribution in [3.8, 4) is 0 Å². The van der Waals surface area contributed by atoms with Gasteiger partial charge in [-0.25, -0.2) is 0 Å². The molecule has 0 aromatic carbocycles. The molecule has 2 heteroatoms. The largest absolute Gasteiger partial charge is 0.389 e. The van der Waals surface area contributed by atoms with E-state index in [0.29, 0.717) is 12.1 Å². The molecular weight excluding hydrogens is 150 g/mol. The van der Waals surface area contributed by atoms with Gasteiger partial charge >= 0.3 is 0 Å². The normalized spacial score (nSPS) is 35.8. The molecule has 0 aromatic rings. The van der Waals surface area contributed by atoms with Crippen molar-refractivity contribution in [1.82, 2.24) is 4.90 Å². The Bertz CT molecular complexity index is 148. The summed E-state index contributed by atoms with van der Waals surface area (Å²) in [6, 6.07) is 1.33. The zero-order chi connectivity index (χ0) is 9.35.